The normalized spacial score (nSPS) is 22.0. The highest BCUT2D eigenvalue weighted by Crippen LogP contribution is 2.39. The number of carbonyl (C=O) groups is 2. The number of halogens is 2. The summed E-state index contributed by atoms with van der Waals surface area (Å²) in [5.41, 5.74) is 0.475. The van der Waals surface area contributed by atoms with Crippen LogP contribution in [0.4, 0.5) is 5.69 Å². The molecule has 2 unspecified atom stereocenters. The van der Waals surface area contributed by atoms with E-state index in [9.17, 15) is 9.59 Å². The molecule has 1 saturated carbocycles. The Morgan fingerprint density at radius 2 is 1.76 bits per heavy atom. The summed E-state index contributed by atoms with van der Waals surface area (Å²) < 4.78 is 0. The molecule has 17 heavy (non-hydrogen) atoms. The molecule has 1 aliphatic carbocycles. The van der Waals surface area contributed by atoms with Crippen molar-refractivity contribution >= 4 is 40.8 Å². The fraction of sp³-hybridized carbons (Fsp3) is 0.273. The van der Waals surface area contributed by atoms with Crippen LogP contribution in [0.2, 0.25) is 10.0 Å². The van der Waals surface area contributed by atoms with Crippen LogP contribution in [0.15, 0.2) is 18.2 Å². The van der Waals surface area contributed by atoms with Crippen LogP contribution in [0, 0.1) is 11.8 Å². The van der Waals surface area contributed by atoms with Crippen molar-refractivity contribution in [1.29, 1.82) is 0 Å². The van der Waals surface area contributed by atoms with Gasteiger partial charge >= 0.3 is 5.97 Å². The minimum absolute atomic E-state index is 0.310. The minimum atomic E-state index is -0.936. The van der Waals surface area contributed by atoms with E-state index in [-0.39, 0.29) is 5.91 Å². The molecule has 2 rings (SSSR count). The van der Waals surface area contributed by atoms with E-state index < -0.39 is 17.8 Å². The average molecular weight is 274 g/mol. The number of anilines is 1. The van der Waals surface area contributed by atoms with Gasteiger partial charge in [-0.3, -0.25) is 9.59 Å². The highest BCUT2D eigenvalue weighted by molar-refractivity contribution is 6.35. The molecule has 90 valence electrons. The molecule has 0 aromatic heterocycles. The molecular formula is C11H9Cl2NO3. The fourth-order valence-corrected chi connectivity index (χ4v) is 2.14. The smallest absolute Gasteiger partial charge is 0.307 e. The van der Waals surface area contributed by atoms with Crippen LogP contribution >= 0.6 is 23.2 Å². The second-order valence-electron chi connectivity index (χ2n) is 3.93. The van der Waals surface area contributed by atoms with Gasteiger partial charge < -0.3 is 10.4 Å². The second-order valence-corrected chi connectivity index (χ2v) is 4.81. The van der Waals surface area contributed by atoms with E-state index in [4.69, 9.17) is 28.3 Å². The summed E-state index contributed by atoms with van der Waals surface area (Å²) in [5.74, 6) is -2.26. The maximum atomic E-state index is 11.7. The van der Waals surface area contributed by atoms with Gasteiger partial charge in [-0.05, 0) is 24.6 Å². The van der Waals surface area contributed by atoms with E-state index in [1.54, 1.807) is 18.2 Å². The number of carboxylic acids is 1. The van der Waals surface area contributed by atoms with Gasteiger partial charge in [0.05, 0.1) is 11.8 Å². The van der Waals surface area contributed by atoms with Crippen molar-refractivity contribution in [1.82, 2.24) is 0 Å². The first-order chi connectivity index (χ1) is 7.97. The third-order valence-electron chi connectivity index (χ3n) is 2.57. The molecule has 1 aliphatic rings. The Balaban J connectivity index is 2.02. The molecule has 0 saturated heterocycles. The predicted molar refractivity (Wildman–Crippen MR) is 64.3 cm³/mol. The zero-order valence-corrected chi connectivity index (χ0v) is 10.1. The quantitative estimate of drug-likeness (QED) is 0.890. The lowest BCUT2D eigenvalue weighted by Crippen LogP contribution is -2.16. The Labute approximate surface area is 108 Å². The molecule has 6 heteroatoms. The van der Waals surface area contributed by atoms with Crippen LogP contribution < -0.4 is 5.32 Å². The van der Waals surface area contributed by atoms with Crippen LogP contribution in [-0.4, -0.2) is 17.0 Å². The van der Waals surface area contributed by atoms with Gasteiger partial charge in [-0.1, -0.05) is 23.2 Å². The maximum Gasteiger partial charge on any atom is 0.307 e. The van der Waals surface area contributed by atoms with E-state index >= 15 is 0 Å². The van der Waals surface area contributed by atoms with Crippen molar-refractivity contribution in [2.45, 2.75) is 6.42 Å². The Morgan fingerprint density at radius 1 is 1.18 bits per heavy atom. The number of hydrogen-bond acceptors (Lipinski definition) is 2. The Kier molecular flexibility index (Phi) is 3.26. The average Bonchev–Trinajstić information content (AvgIpc) is 2.94. The Bertz CT molecular complexity index is 469. The number of benzene rings is 1. The molecule has 0 spiro atoms. The molecule has 1 aromatic rings. The van der Waals surface area contributed by atoms with Crippen LogP contribution in [-0.2, 0) is 9.59 Å². The van der Waals surface area contributed by atoms with Crippen LogP contribution in [0.25, 0.3) is 0 Å². The van der Waals surface area contributed by atoms with Gasteiger partial charge in [-0.15, -0.1) is 0 Å². The van der Waals surface area contributed by atoms with E-state index in [2.05, 4.69) is 5.32 Å². The largest absolute Gasteiger partial charge is 0.481 e. The number of nitrogens with one attached hydrogen (secondary N) is 1. The summed E-state index contributed by atoms with van der Waals surface area (Å²) in [4.78, 5) is 22.3. The SMILES string of the molecule is O=C(O)C1CC1C(=O)Nc1cc(Cl)cc(Cl)c1. The first-order valence-corrected chi connectivity index (χ1v) is 5.72. The zero-order valence-electron chi connectivity index (χ0n) is 8.61. The number of rotatable bonds is 3. The third-order valence-corrected chi connectivity index (χ3v) is 3.01. The molecular weight excluding hydrogens is 265 g/mol. The second kappa shape index (κ2) is 4.55. The summed E-state index contributed by atoms with van der Waals surface area (Å²) in [7, 11) is 0. The molecule has 0 radical (unpaired) electrons. The summed E-state index contributed by atoms with van der Waals surface area (Å²) >= 11 is 11.6. The van der Waals surface area contributed by atoms with Crippen molar-refractivity contribution in [2.75, 3.05) is 5.32 Å². The summed E-state index contributed by atoms with van der Waals surface area (Å²) in [5, 5.41) is 12.1. The lowest BCUT2D eigenvalue weighted by Gasteiger charge is -2.05. The third kappa shape index (κ3) is 2.90. The van der Waals surface area contributed by atoms with Gasteiger partial charge in [-0.25, -0.2) is 0 Å². The molecule has 2 N–H and O–H groups in total. The molecule has 0 bridgehead atoms. The molecule has 1 aromatic carbocycles. The topological polar surface area (TPSA) is 66.4 Å². The molecule has 0 heterocycles. The van der Waals surface area contributed by atoms with Gasteiger partial charge in [0.25, 0.3) is 0 Å². The number of hydrogen-bond donors (Lipinski definition) is 2. The summed E-state index contributed by atoms with van der Waals surface area (Å²) in [6, 6.07) is 4.67. The van der Waals surface area contributed by atoms with E-state index in [0.717, 1.165) is 0 Å². The minimum Gasteiger partial charge on any atom is -0.481 e. The maximum absolute atomic E-state index is 11.7. The first-order valence-electron chi connectivity index (χ1n) is 4.97. The van der Waals surface area contributed by atoms with Crippen LogP contribution in [0.1, 0.15) is 6.42 Å². The lowest BCUT2D eigenvalue weighted by molar-refractivity contribution is -0.139. The van der Waals surface area contributed by atoms with E-state index in [1.165, 1.54) is 0 Å². The van der Waals surface area contributed by atoms with Gasteiger partial charge in [-0.2, -0.15) is 0 Å². The van der Waals surface area contributed by atoms with Crippen molar-refractivity contribution < 1.29 is 14.7 Å². The predicted octanol–water partition coefficient (Wildman–Crippen LogP) is 2.65. The van der Waals surface area contributed by atoms with E-state index in [1.807, 2.05) is 0 Å². The van der Waals surface area contributed by atoms with Crippen molar-refractivity contribution in [3.63, 3.8) is 0 Å². The number of aliphatic carboxylic acids is 1. The van der Waals surface area contributed by atoms with Gasteiger partial charge in [0, 0.05) is 15.7 Å². The van der Waals surface area contributed by atoms with Crippen molar-refractivity contribution in [3.05, 3.63) is 28.2 Å². The van der Waals surface area contributed by atoms with Crippen molar-refractivity contribution in [2.24, 2.45) is 11.8 Å². The summed E-state index contributed by atoms with van der Waals surface area (Å²) in [6.07, 6.45) is 0.384. The first kappa shape index (κ1) is 12.2. The van der Waals surface area contributed by atoms with Gasteiger partial charge in [0.1, 0.15) is 0 Å². The van der Waals surface area contributed by atoms with Crippen molar-refractivity contribution in [3.8, 4) is 0 Å². The summed E-state index contributed by atoms with van der Waals surface area (Å²) in [6.45, 7) is 0. The number of amides is 1. The Morgan fingerprint density at radius 3 is 2.24 bits per heavy atom. The fourth-order valence-electron chi connectivity index (χ4n) is 1.62. The lowest BCUT2D eigenvalue weighted by atomic mass is 10.2. The number of carboxylic acid groups (broad SMARTS) is 1. The standard InChI is InChI=1S/C11H9Cl2NO3/c12-5-1-6(13)3-7(2-5)14-10(15)8-4-9(8)11(16)17/h1-3,8-9H,4H2,(H,14,15)(H,16,17). The number of carbonyl (C=O) groups excluding carboxylic acids is 1. The van der Waals surface area contributed by atoms with E-state index in [0.29, 0.717) is 22.2 Å². The molecule has 0 aliphatic heterocycles. The highest BCUT2D eigenvalue weighted by atomic mass is 35.5. The molecule has 4 nitrogen and oxygen atoms in total. The Hall–Kier alpha value is -1.26. The van der Waals surface area contributed by atoms with Gasteiger partial charge in [0.2, 0.25) is 5.91 Å². The van der Waals surface area contributed by atoms with Gasteiger partial charge in [0.15, 0.2) is 0 Å². The molecule has 1 fully saturated rings. The monoisotopic (exact) mass is 273 g/mol. The molecule has 2 atom stereocenters. The van der Waals surface area contributed by atoms with Crippen LogP contribution in [0.5, 0.6) is 0 Å². The highest BCUT2D eigenvalue weighted by Gasteiger charge is 2.48. The zero-order chi connectivity index (χ0) is 12.6. The van der Waals surface area contributed by atoms with Crippen LogP contribution in [0.3, 0.4) is 0 Å². The molecule has 1 amide bonds.